The van der Waals surface area contributed by atoms with Crippen LogP contribution in [0.4, 0.5) is 0 Å². The number of hydrogen-bond donors (Lipinski definition) is 0. The third-order valence-corrected chi connectivity index (χ3v) is 3.01. The van der Waals surface area contributed by atoms with Gasteiger partial charge in [0, 0.05) is 0 Å². The minimum absolute atomic E-state index is 1.09. The molecule has 0 N–H and O–H groups in total. The zero-order valence-electron chi connectivity index (χ0n) is 11.3. The molecule has 0 saturated heterocycles. The number of allylic oxidation sites excluding steroid dienone is 2. The Morgan fingerprint density at radius 2 is 1.19 bits per heavy atom. The van der Waals surface area contributed by atoms with Gasteiger partial charge >= 0.3 is 0 Å². The fraction of sp³-hybridized carbons (Fsp3) is 0.812. The summed E-state index contributed by atoms with van der Waals surface area (Å²) in [5.41, 5.74) is 0. The Morgan fingerprint density at radius 1 is 0.688 bits per heavy atom. The van der Waals surface area contributed by atoms with E-state index in [4.69, 9.17) is 0 Å². The van der Waals surface area contributed by atoms with E-state index in [1.807, 2.05) is 0 Å². The summed E-state index contributed by atoms with van der Waals surface area (Å²) in [5, 5.41) is 0. The summed E-state index contributed by atoms with van der Waals surface area (Å²) in [5.74, 6) is 0. The molecule has 16 heavy (non-hydrogen) atoms. The molecule has 0 unspecified atom stereocenters. The van der Waals surface area contributed by atoms with Crippen molar-refractivity contribution >= 4 is 0 Å². The van der Waals surface area contributed by atoms with Crippen molar-refractivity contribution in [2.45, 2.75) is 84.0 Å². The van der Waals surface area contributed by atoms with Crippen molar-refractivity contribution < 1.29 is 0 Å². The summed E-state index contributed by atoms with van der Waals surface area (Å²) in [6.45, 7) is 6.13. The molecule has 0 aliphatic heterocycles. The lowest BCUT2D eigenvalue weighted by molar-refractivity contribution is 0.592. The Balaban J connectivity index is 2.97. The van der Waals surface area contributed by atoms with E-state index in [0.717, 1.165) is 6.42 Å². The van der Waals surface area contributed by atoms with Gasteiger partial charge in [0.1, 0.15) is 0 Å². The van der Waals surface area contributed by atoms with Crippen LogP contribution in [0.25, 0.3) is 0 Å². The summed E-state index contributed by atoms with van der Waals surface area (Å²) in [7, 11) is 0. The fourth-order valence-electron chi connectivity index (χ4n) is 1.89. The summed E-state index contributed by atoms with van der Waals surface area (Å²) >= 11 is 0. The highest BCUT2D eigenvalue weighted by atomic mass is 14.0. The number of unbranched alkanes of at least 4 members (excludes halogenated alkanes) is 10. The summed E-state index contributed by atoms with van der Waals surface area (Å²) in [6, 6.07) is 0. The Morgan fingerprint density at radius 3 is 1.75 bits per heavy atom. The van der Waals surface area contributed by atoms with E-state index < -0.39 is 0 Å². The van der Waals surface area contributed by atoms with Crippen LogP contribution in [0.15, 0.2) is 12.2 Å². The normalized spacial score (nSPS) is 11.4. The van der Waals surface area contributed by atoms with E-state index in [2.05, 4.69) is 26.0 Å². The quantitative estimate of drug-likeness (QED) is 0.278. The van der Waals surface area contributed by atoms with Crippen LogP contribution in [0, 0.1) is 6.92 Å². The third kappa shape index (κ3) is 13.7. The van der Waals surface area contributed by atoms with Crippen LogP contribution in [0.2, 0.25) is 0 Å². The van der Waals surface area contributed by atoms with Crippen LogP contribution in [0.5, 0.6) is 0 Å². The predicted octanol–water partition coefficient (Wildman–Crippen LogP) is 6.08. The molecule has 0 aliphatic rings. The Hall–Kier alpha value is -0.260. The Labute approximate surface area is 104 Å². The lowest BCUT2D eigenvalue weighted by atomic mass is 10.1. The summed E-state index contributed by atoms with van der Waals surface area (Å²) < 4.78 is 0. The lowest BCUT2D eigenvalue weighted by Gasteiger charge is -1.98. The molecule has 0 atom stereocenters. The van der Waals surface area contributed by atoms with E-state index in [0.29, 0.717) is 0 Å². The van der Waals surface area contributed by atoms with E-state index >= 15 is 0 Å². The van der Waals surface area contributed by atoms with Gasteiger partial charge in [0.05, 0.1) is 0 Å². The van der Waals surface area contributed by atoms with Crippen LogP contribution in [0.3, 0.4) is 0 Å². The van der Waals surface area contributed by atoms with Crippen molar-refractivity contribution in [2.75, 3.05) is 0 Å². The second kappa shape index (κ2) is 14.7. The highest BCUT2D eigenvalue weighted by Gasteiger charge is 1.89. The second-order valence-corrected chi connectivity index (χ2v) is 4.73. The molecule has 0 aromatic heterocycles. The van der Waals surface area contributed by atoms with Crippen molar-refractivity contribution in [1.29, 1.82) is 0 Å². The zero-order valence-corrected chi connectivity index (χ0v) is 11.3. The van der Waals surface area contributed by atoms with E-state index in [9.17, 15) is 0 Å². The smallest absolute Gasteiger partial charge is 0.0351 e. The largest absolute Gasteiger partial charge is 0.0885 e. The maximum Gasteiger partial charge on any atom is -0.0351 e. The van der Waals surface area contributed by atoms with Gasteiger partial charge in [-0.15, -0.1) is 0 Å². The van der Waals surface area contributed by atoms with Gasteiger partial charge in [0.25, 0.3) is 0 Å². The molecule has 0 aliphatic carbocycles. The van der Waals surface area contributed by atoms with Crippen molar-refractivity contribution in [3.63, 3.8) is 0 Å². The van der Waals surface area contributed by atoms with Crippen LogP contribution < -0.4 is 0 Å². The Kier molecular flexibility index (Phi) is 14.5. The van der Waals surface area contributed by atoms with Crippen molar-refractivity contribution in [2.24, 2.45) is 0 Å². The van der Waals surface area contributed by atoms with E-state index in [1.165, 1.54) is 70.6 Å². The molecule has 0 nitrogen and oxygen atoms in total. The Bertz CT molecular complexity index is 135. The topological polar surface area (TPSA) is 0 Å². The van der Waals surface area contributed by atoms with Gasteiger partial charge < -0.3 is 0 Å². The summed E-state index contributed by atoms with van der Waals surface area (Å²) in [4.78, 5) is 0. The highest BCUT2D eigenvalue weighted by molar-refractivity contribution is 4.81. The number of rotatable bonds is 12. The van der Waals surface area contributed by atoms with Gasteiger partial charge in [-0.25, -0.2) is 0 Å². The monoisotopic (exact) mass is 223 g/mol. The van der Waals surface area contributed by atoms with Crippen LogP contribution in [-0.4, -0.2) is 0 Å². The molecule has 0 amide bonds. The van der Waals surface area contributed by atoms with Crippen LogP contribution >= 0.6 is 0 Å². The molecule has 0 spiro atoms. The molecular weight excluding hydrogens is 192 g/mol. The van der Waals surface area contributed by atoms with Crippen molar-refractivity contribution in [3.05, 3.63) is 19.1 Å². The van der Waals surface area contributed by atoms with Gasteiger partial charge in [-0.2, -0.15) is 0 Å². The SMILES string of the molecule is [CH2]CCCC/C=C\CCCCCCCCC. The molecule has 0 rings (SSSR count). The van der Waals surface area contributed by atoms with Crippen molar-refractivity contribution in [1.82, 2.24) is 0 Å². The first-order chi connectivity index (χ1) is 7.91. The molecule has 95 valence electrons. The molecule has 0 bridgehead atoms. The fourth-order valence-corrected chi connectivity index (χ4v) is 1.89. The molecule has 0 heterocycles. The predicted molar refractivity (Wildman–Crippen MR) is 75.6 cm³/mol. The average molecular weight is 223 g/mol. The van der Waals surface area contributed by atoms with Gasteiger partial charge in [-0.1, -0.05) is 77.4 Å². The maximum absolute atomic E-state index is 3.85. The van der Waals surface area contributed by atoms with E-state index in [1.54, 1.807) is 0 Å². The minimum atomic E-state index is 1.09. The average Bonchev–Trinajstić information content (AvgIpc) is 2.31. The lowest BCUT2D eigenvalue weighted by Crippen LogP contribution is -1.79. The molecular formula is C16H31. The standard InChI is InChI=1S/C16H31/c1-3-5-7-9-11-13-15-16-14-12-10-8-6-4-2/h11,13H,1,3-10,12,14-16H2,2H3/b13-11-. The van der Waals surface area contributed by atoms with E-state index in [-0.39, 0.29) is 0 Å². The van der Waals surface area contributed by atoms with Gasteiger partial charge in [0.15, 0.2) is 0 Å². The maximum atomic E-state index is 3.85. The summed E-state index contributed by atoms with van der Waals surface area (Å²) in [6.07, 6.45) is 20.9. The first kappa shape index (κ1) is 15.7. The van der Waals surface area contributed by atoms with Crippen LogP contribution in [0.1, 0.15) is 84.0 Å². The molecule has 0 aromatic carbocycles. The third-order valence-electron chi connectivity index (χ3n) is 3.01. The molecule has 1 radical (unpaired) electrons. The van der Waals surface area contributed by atoms with Gasteiger partial charge in [-0.05, 0) is 25.7 Å². The van der Waals surface area contributed by atoms with Gasteiger partial charge in [-0.3, -0.25) is 0 Å². The van der Waals surface area contributed by atoms with Crippen LogP contribution in [-0.2, 0) is 0 Å². The first-order valence-electron chi connectivity index (χ1n) is 7.36. The van der Waals surface area contributed by atoms with Crippen molar-refractivity contribution in [3.8, 4) is 0 Å². The molecule has 0 aromatic rings. The molecule has 0 heteroatoms. The van der Waals surface area contributed by atoms with Gasteiger partial charge in [0.2, 0.25) is 0 Å². The second-order valence-electron chi connectivity index (χ2n) is 4.73. The molecule has 0 saturated carbocycles. The highest BCUT2D eigenvalue weighted by Crippen LogP contribution is 2.09. The first-order valence-corrected chi connectivity index (χ1v) is 7.36. The number of hydrogen-bond acceptors (Lipinski definition) is 0. The minimum Gasteiger partial charge on any atom is -0.0885 e. The zero-order chi connectivity index (χ0) is 11.9. The molecule has 0 fully saturated rings.